The molecule has 0 spiro atoms. The van der Waals surface area contributed by atoms with Gasteiger partial charge in [-0.1, -0.05) is 60.7 Å². The van der Waals surface area contributed by atoms with E-state index in [-0.39, 0.29) is 17.4 Å². The van der Waals surface area contributed by atoms with Crippen molar-refractivity contribution in [3.8, 4) is 0 Å². The van der Waals surface area contributed by atoms with Crippen LogP contribution in [0.5, 0.6) is 0 Å². The van der Waals surface area contributed by atoms with E-state index in [4.69, 9.17) is 0 Å². The molecule has 2 aromatic carbocycles. The van der Waals surface area contributed by atoms with Crippen LogP contribution in [0.25, 0.3) is 0 Å². The maximum Gasteiger partial charge on any atom is 0.224 e. The van der Waals surface area contributed by atoms with E-state index < -0.39 is 27.9 Å². The average Bonchev–Trinajstić information content (AvgIpc) is 2.66. The van der Waals surface area contributed by atoms with Crippen molar-refractivity contribution >= 4 is 15.7 Å². The highest BCUT2D eigenvalue weighted by atomic mass is 32.2. The summed E-state index contributed by atoms with van der Waals surface area (Å²) in [5.74, 6) is -0.868. The van der Waals surface area contributed by atoms with Gasteiger partial charge in [0.05, 0.1) is 23.5 Å². The van der Waals surface area contributed by atoms with Crippen molar-refractivity contribution in [2.75, 3.05) is 11.5 Å². The van der Waals surface area contributed by atoms with Crippen LogP contribution in [0, 0.1) is 5.92 Å². The Hall–Kier alpha value is -2.18. The van der Waals surface area contributed by atoms with Gasteiger partial charge >= 0.3 is 0 Å². The lowest BCUT2D eigenvalue weighted by Gasteiger charge is -2.28. The van der Waals surface area contributed by atoms with Crippen molar-refractivity contribution in [3.63, 3.8) is 0 Å². The van der Waals surface area contributed by atoms with Gasteiger partial charge in [0.2, 0.25) is 5.91 Å². The fourth-order valence-corrected chi connectivity index (χ4v) is 5.05. The fourth-order valence-electron chi connectivity index (χ4n) is 3.35. The summed E-state index contributed by atoms with van der Waals surface area (Å²) in [6.45, 7) is 0. The zero-order valence-electron chi connectivity index (χ0n) is 14.4. The Kier molecular flexibility index (Phi) is 5.74. The molecule has 2 aromatic rings. The third-order valence-electron chi connectivity index (χ3n) is 4.75. The van der Waals surface area contributed by atoms with Gasteiger partial charge in [-0.3, -0.25) is 4.79 Å². The molecule has 138 valence electrons. The molecule has 2 N–H and O–H groups in total. The molecule has 3 atom stereocenters. The van der Waals surface area contributed by atoms with E-state index >= 15 is 0 Å². The zero-order valence-corrected chi connectivity index (χ0v) is 15.2. The summed E-state index contributed by atoms with van der Waals surface area (Å²) in [7, 11) is -3.17. The van der Waals surface area contributed by atoms with Gasteiger partial charge in [0.15, 0.2) is 9.84 Å². The maximum atomic E-state index is 12.7. The smallest absolute Gasteiger partial charge is 0.224 e. The maximum absolute atomic E-state index is 12.7. The van der Waals surface area contributed by atoms with Crippen molar-refractivity contribution in [3.05, 3.63) is 71.8 Å². The lowest BCUT2D eigenvalue weighted by Crippen LogP contribution is -2.41. The molecule has 1 fully saturated rings. The lowest BCUT2D eigenvalue weighted by molar-refractivity contribution is -0.126. The van der Waals surface area contributed by atoms with Crippen LogP contribution in [0.2, 0.25) is 0 Å². The molecule has 0 aromatic heterocycles. The van der Waals surface area contributed by atoms with Gasteiger partial charge in [-0.05, 0) is 24.0 Å². The Morgan fingerprint density at radius 2 is 1.58 bits per heavy atom. The first-order chi connectivity index (χ1) is 12.5. The average molecular weight is 373 g/mol. The predicted octanol–water partition coefficient (Wildman–Crippen LogP) is 2.40. The molecule has 6 heteroatoms. The molecular formula is C20H23NO4S. The molecule has 0 saturated carbocycles. The van der Waals surface area contributed by atoms with Crippen LogP contribution >= 0.6 is 0 Å². The van der Waals surface area contributed by atoms with Crippen molar-refractivity contribution in [2.45, 2.75) is 25.0 Å². The van der Waals surface area contributed by atoms with Crippen molar-refractivity contribution in [1.82, 2.24) is 5.32 Å². The summed E-state index contributed by atoms with van der Waals surface area (Å²) in [5, 5.41) is 13.7. The summed E-state index contributed by atoms with van der Waals surface area (Å²) < 4.78 is 23.7. The van der Waals surface area contributed by atoms with Crippen LogP contribution < -0.4 is 5.32 Å². The minimum Gasteiger partial charge on any atom is -0.386 e. The Morgan fingerprint density at radius 3 is 2.15 bits per heavy atom. The number of carbonyl (C=O) groups is 1. The van der Waals surface area contributed by atoms with Gasteiger partial charge in [-0.15, -0.1) is 0 Å². The van der Waals surface area contributed by atoms with Crippen molar-refractivity contribution < 1.29 is 18.3 Å². The van der Waals surface area contributed by atoms with Crippen LogP contribution in [0.4, 0.5) is 0 Å². The molecule has 0 radical (unpaired) electrons. The molecule has 1 amide bonds. The molecule has 26 heavy (non-hydrogen) atoms. The third kappa shape index (κ3) is 4.51. The Labute approximate surface area is 154 Å². The molecule has 3 rings (SSSR count). The van der Waals surface area contributed by atoms with E-state index in [0.717, 1.165) is 5.56 Å². The van der Waals surface area contributed by atoms with Gasteiger partial charge in [-0.2, -0.15) is 0 Å². The Balaban J connectivity index is 1.83. The predicted molar refractivity (Wildman–Crippen MR) is 100 cm³/mol. The molecule has 5 nitrogen and oxygen atoms in total. The number of benzene rings is 2. The second kappa shape index (κ2) is 8.01. The zero-order chi connectivity index (χ0) is 18.6. The van der Waals surface area contributed by atoms with Gasteiger partial charge in [-0.25, -0.2) is 8.42 Å². The molecular weight excluding hydrogens is 350 g/mol. The van der Waals surface area contributed by atoms with E-state index in [1.165, 1.54) is 0 Å². The number of nitrogens with one attached hydrogen (secondary N) is 1. The molecule has 1 heterocycles. The Morgan fingerprint density at radius 1 is 1.00 bits per heavy atom. The van der Waals surface area contributed by atoms with Gasteiger partial charge < -0.3 is 10.4 Å². The van der Waals surface area contributed by atoms with E-state index in [1.807, 2.05) is 48.5 Å². The van der Waals surface area contributed by atoms with E-state index in [2.05, 4.69) is 5.32 Å². The largest absolute Gasteiger partial charge is 0.386 e. The minimum absolute atomic E-state index is 0.123. The van der Waals surface area contributed by atoms with Crippen LogP contribution in [-0.4, -0.2) is 30.9 Å². The third-order valence-corrected chi connectivity index (χ3v) is 6.57. The first-order valence-corrected chi connectivity index (χ1v) is 10.6. The summed E-state index contributed by atoms with van der Waals surface area (Å²) in [6, 6.07) is 17.7. The standard InChI is InChI=1S/C20H23NO4S/c22-19(16-10-5-2-6-11-16)18(15-8-3-1-4-9-15)21-20(23)17-12-7-13-26(24,25)14-17/h1-6,8-11,17-19,22H,7,12-14H2,(H,21,23)/t17?,18-,19+/m0/s1. The van der Waals surface area contributed by atoms with Crippen LogP contribution in [0.15, 0.2) is 60.7 Å². The highest BCUT2D eigenvalue weighted by Gasteiger charge is 2.33. The van der Waals surface area contributed by atoms with E-state index in [0.29, 0.717) is 18.4 Å². The number of rotatable bonds is 5. The first-order valence-electron chi connectivity index (χ1n) is 8.75. The van der Waals surface area contributed by atoms with Crippen molar-refractivity contribution in [1.29, 1.82) is 0 Å². The number of hydrogen-bond donors (Lipinski definition) is 2. The van der Waals surface area contributed by atoms with E-state index in [1.54, 1.807) is 12.1 Å². The highest BCUT2D eigenvalue weighted by Crippen LogP contribution is 2.30. The van der Waals surface area contributed by atoms with Crippen molar-refractivity contribution in [2.24, 2.45) is 5.92 Å². The summed E-state index contributed by atoms with van der Waals surface area (Å²) >= 11 is 0. The molecule has 1 aliphatic heterocycles. The van der Waals surface area contributed by atoms with Gasteiger partial charge in [0.25, 0.3) is 0 Å². The number of aliphatic hydroxyl groups is 1. The quantitative estimate of drug-likeness (QED) is 0.843. The van der Waals surface area contributed by atoms with Gasteiger partial charge in [0, 0.05) is 0 Å². The SMILES string of the molecule is O=C(N[C@@H](c1ccccc1)[C@H](O)c1ccccc1)C1CCCS(=O)(=O)C1. The normalized spacial score (nSPS) is 21.5. The summed E-state index contributed by atoms with van der Waals surface area (Å²) in [6.07, 6.45) is 0.119. The van der Waals surface area contributed by atoms with Crippen LogP contribution in [-0.2, 0) is 14.6 Å². The van der Waals surface area contributed by atoms with Crippen LogP contribution in [0.3, 0.4) is 0 Å². The molecule has 1 unspecified atom stereocenters. The number of hydrogen-bond acceptors (Lipinski definition) is 4. The monoisotopic (exact) mass is 373 g/mol. The molecule has 1 aliphatic rings. The Bertz CT molecular complexity index is 837. The second-order valence-corrected chi connectivity index (χ2v) is 8.93. The highest BCUT2D eigenvalue weighted by molar-refractivity contribution is 7.91. The van der Waals surface area contributed by atoms with Crippen LogP contribution in [0.1, 0.15) is 36.1 Å². The molecule has 0 bridgehead atoms. The lowest BCUT2D eigenvalue weighted by atomic mass is 9.94. The molecule has 1 saturated heterocycles. The van der Waals surface area contributed by atoms with Gasteiger partial charge in [0.1, 0.15) is 6.10 Å². The van der Waals surface area contributed by atoms with E-state index in [9.17, 15) is 18.3 Å². The second-order valence-electron chi connectivity index (χ2n) is 6.71. The summed E-state index contributed by atoms with van der Waals surface area (Å²) in [5.41, 5.74) is 1.47. The molecule has 0 aliphatic carbocycles. The fraction of sp³-hybridized carbons (Fsp3) is 0.350. The number of aliphatic hydroxyl groups excluding tert-OH is 1. The minimum atomic E-state index is -3.17. The topological polar surface area (TPSA) is 83.5 Å². The number of amides is 1. The number of carbonyl (C=O) groups excluding carboxylic acids is 1. The summed E-state index contributed by atoms with van der Waals surface area (Å²) in [4.78, 5) is 12.7. The number of sulfone groups is 1. The first kappa shape index (κ1) is 18.6.